The van der Waals surface area contributed by atoms with Crippen molar-refractivity contribution in [3.63, 3.8) is 0 Å². The molecule has 0 aromatic heterocycles. The molecule has 2 nitrogen and oxygen atoms in total. The van der Waals surface area contributed by atoms with Crippen LogP contribution in [0.2, 0.25) is 0 Å². The van der Waals surface area contributed by atoms with Gasteiger partial charge in [0.2, 0.25) is 0 Å². The van der Waals surface area contributed by atoms with Gasteiger partial charge in [0.25, 0.3) is 0 Å². The van der Waals surface area contributed by atoms with Crippen molar-refractivity contribution >= 4 is 0 Å². The summed E-state index contributed by atoms with van der Waals surface area (Å²) in [7, 11) is 5.64. The van der Waals surface area contributed by atoms with E-state index in [2.05, 4.69) is 13.2 Å². The number of hydrogen-bond donors (Lipinski definition) is 0. The maximum Gasteiger partial charge on any atom is 0.415 e. The van der Waals surface area contributed by atoms with Crippen LogP contribution in [-0.2, 0) is 0 Å². The zero-order valence-electron chi connectivity index (χ0n) is 10.5. The van der Waals surface area contributed by atoms with Gasteiger partial charge in [-0.05, 0) is 26.2 Å². The van der Waals surface area contributed by atoms with Gasteiger partial charge >= 0.3 is 6.18 Å². The molecule has 0 aromatic rings. The number of alkyl halides is 3. The molecule has 0 aliphatic carbocycles. The molecule has 5 heteroatoms. The lowest BCUT2D eigenvalue weighted by Crippen LogP contribution is -2.27. The van der Waals surface area contributed by atoms with Gasteiger partial charge in [-0.15, -0.1) is 0 Å². The molecule has 0 amide bonds. The zero-order valence-corrected chi connectivity index (χ0v) is 10.5. The second-order valence-corrected chi connectivity index (χ2v) is 4.07. The first-order valence-corrected chi connectivity index (χ1v) is 5.13. The molecule has 0 aromatic carbocycles. The molecule has 0 radical (unpaired) electrons. The third-order valence-corrected chi connectivity index (χ3v) is 2.21. The van der Waals surface area contributed by atoms with E-state index in [-0.39, 0.29) is 0 Å². The van der Waals surface area contributed by atoms with Gasteiger partial charge in [0.1, 0.15) is 0 Å². The van der Waals surface area contributed by atoms with Gasteiger partial charge in [-0.1, -0.05) is 13.2 Å². The maximum atomic E-state index is 12.2. The summed E-state index contributed by atoms with van der Waals surface area (Å²) in [6, 6.07) is 0. The predicted molar refractivity (Wildman–Crippen MR) is 64.7 cm³/mol. The van der Waals surface area contributed by atoms with E-state index in [0.29, 0.717) is 12.2 Å². The van der Waals surface area contributed by atoms with Gasteiger partial charge in [-0.25, -0.2) is 0 Å². The van der Waals surface area contributed by atoms with Crippen molar-refractivity contribution in [2.75, 3.05) is 34.2 Å². The highest BCUT2D eigenvalue weighted by molar-refractivity contribution is 5.26. The first kappa shape index (κ1) is 15.8. The first-order valence-electron chi connectivity index (χ1n) is 5.13. The van der Waals surface area contributed by atoms with Crippen LogP contribution in [0.4, 0.5) is 13.2 Å². The Kier molecular flexibility index (Phi) is 6.02. The fourth-order valence-corrected chi connectivity index (χ4v) is 0.912. The van der Waals surface area contributed by atoms with Gasteiger partial charge < -0.3 is 9.80 Å². The molecular weight excluding hydrogens is 229 g/mol. The van der Waals surface area contributed by atoms with E-state index in [0.717, 1.165) is 12.6 Å². The number of rotatable bonds is 6. The summed E-state index contributed by atoms with van der Waals surface area (Å²) in [5.41, 5.74) is -0.350. The molecule has 0 spiro atoms. The summed E-state index contributed by atoms with van der Waals surface area (Å²) < 4.78 is 36.5. The molecule has 0 unspecified atom stereocenters. The fourth-order valence-electron chi connectivity index (χ4n) is 0.912. The minimum absolute atomic E-state index is 0.525. The molecule has 0 saturated carbocycles. The van der Waals surface area contributed by atoms with Crippen molar-refractivity contribution in [3.05, 3.63) is 36.6 Å². The Morgan fingerprint density at radius 2 is 1.59 bits per heavy atom. The van der Waals surface area contributed by atoms with Crippen molar-refractivity contribution in [1.82, 2.24) is 9.80 Å². The Morgan fingerprint density at radius 3 is 2.00 bits per heavy atom. The number of hydrogen-bond acceptors (Lipinski definition) is 2. The van der Waals surface area contributed by atoms with Crippen LogP contribution in [0.15, 0.2) is 36.6 Å². The highest BCUT2D eigenvalue weighted by Gasteiger charge is 2.29. The van der Waals surface area contributed by atoms with Gasteiger partial charge in [0.15, 0.2) is 0 Å². The molecule has 0 aliphatic rings. The van der Waals surface area contributed by atoms with E-state index in [1.807, 2.05) is 19.0 Å². The summed E-state index contributed by atoms with van der Waals surface area (Å²) in [5.74, 6) is 0. The fraction of sp³-hybridized carbons (Fsp3) is 0.500. The summed E-state index contributed by atoms with van der Waals surface area (Å²) in [6.45, 7) is 8.16. The van der Waals surface area contributed by atoms with Crippen LogP contribution in [0.5, 0.6) is 0 Å². The summed E-state index contributed by atoms with van der Waals surface area (Å²) in [5, 5.41) is 0. The average Bonchev–Trinajstić information content (AvgIpc) is 2.20. The monoisotopic (exact) mass is 248 g/mol. The second-order valence-electron chi connectivity index (χ2n) is 4.07. The molecule has 0 bridgehead atoms. The number of likely N-dealkylation sites (N-methyl/N-ethyl adjacent to an activating group) is 2. The van der Waals surface area contributed by atoms with E-state index in [4.69, 9.17) is 0 Å². The van der Waals surface area contributed by atoms with Crippen LogP contribution < -0.4 is 0 Å². The Balaban J connectivity index is 4.26. The van der Waals surface area contributed by atoms with E-state index in [1.54, 1.807) is 11.9 Å². The lowest BCUT2D eigenvalue weighted by Gasteiger charge is -2.21. The van der Waals surface area contributed by atoms with Gasteiger partial charge in [0, 0.05) is 31.4 Å². The Hall–Kier alpha value is -1.23. The molecule has 0 saturated heterocycles. The standard InChI is InChI=1S/C12H19F3N2/c1-10(12(13,14)15)6-7-11(2)17(5)9-8-16(3)4/h6-7H,1-2,8-9H2,3-5H3/b7-6-. The number of halogens is 3. The van der Waals surface area contributed by atoms with Crippen LogP contribution in [0.1, 0.15) is 0 Å². The smallest absolute Gasteiger partial charge is 0.374 e. The predicted octanol–water partition coefficient (Wildman–Crippen LogP) is 2.67. The molecular formula is C12H19F3N2. The van der Waals surface area contributed by atoms with Crippen molar-refractivity contribution < 1.29 is 13.2 Å². The summed E-state index contributed by atoms with van der Waals surface area (Å²) in [6.07, 6.45) is -2.11. The molecule has 0 heterocycles. The maximum absolute atomic E-state index is 12.2. The normalized spacial score (nSPS) is 12.2. The number of nitrogens with zero attached hydrogens (tertiary/aromatic N) is 2. The highest BCUT2D eigenvalue weighted by atomic mass is 19.4. The van der Waals surface area contributed by atoms with Crippen molar-refractivity contribution in [2.45, 2.75) is 6.18 Å². The van der Waals surface area contributed by atoms with Crippen LogP contribution in [0.25, 0.3) is 0 Å². The summed E-state index contributed by atoms with van der Waals surface area (Å²) in [4.78, 5) is 3.78. The molecule has 0 rings (SSSR count). The lowest BCUT2D eigenvalue weighted by atomic mass is 10.2. The Bertz CT molecular complexity index is 303. The van der Waals surface area contributed by atoms with E-state index in [1.165, 1.54) is 6.08 Å². The van der Waals surface area contributed by atoms with E-state index >= 15 is 0 Å². The Labute approximate surface area is 101 Å². The van der Waals surface area contributed by atoms with Crippen molar-refractivity contribution in [1.29, 1.82) is 0 Å². The zero-order chi connectivity index (χ0) is 13.6. The third kappa shape index (κ3) is 6.84. The molecule has 98 valence electrons. The second kappa shape index (κ2) is 6.49. The third-order valence-electron chi connectivity index (χ3n) is 2.21. The topological polar surface area (TPSA) is 6.48 Å². The van der Waals surface area contributed by atoms with Crippen LogP contribution >= 0.6 is 0 Å². The molecule has 17 heavy (non-hydrogen) atoms. The number of allylic oxidation sites excluding steroid dienone is 3. The Morgan fingerprint density at radius 1 is 1.06 bits per heavy atom. The first-order chi connectivity index (χ1) is 7.64. The van der Waals surface area contributed by atoms with E-state index < -0.39 is 11.7 Å². The van der Waals surface area contributed by atoms with E-state index in [9.17, 15) is 13.2 Å². The highest BCUT2D eigenvalue weighted by Crippen LogP contribution is 2.25. The van der Waals surface area contributed by atoms with Crippen molar-refractivity contribution in [2.24, 2.45) is 0 Å². The minimum Gasteiger partial charge on any atom is -0.374 e. The minimum atomic E-state index is -4.38. The van der Waals surface area contributed by atoms with Crippen LogP contribution in [0, 0.1) is 0 Å². The molecule has 0 aliphatic heterocycles. The quantitative estimate of drug-likeness (QED) is 0.667. The van der Waals surface area contributed by atoms with Gasteiger partial charge in [-0.3, -0.25) is 0 Å². The lowest BCUT2D eigenvalue weighted by molar-refractivity contribution is -0.0878. The van der Waals surface area contributed by atoms with Crippen molar-refractivity contribution in [3.8, 4) is 0 Å². The van der Waals surface area contributed by atoms with Gasteiger partial charge in [0.05, 0.1) is 0 Å². The van der Waals surface area contributed by atoms with Gasteiger partial charge in [-0.2, -0.15) is 13.2 Å². The largest absolute Gasteiger partial charge is 0.415 e. The van der Waals surface area contributed by atoms with Crippen LogP contribution in [-0.4, -0.2) is 50.2 Å². The summed E-state index contributed by atoms with van der Waals surface area (Å²) >= 11 is 0. The van der Waals surface area contributed by atoms with Crippen LogP contribution in [0.3, 0.4) is 0 Å². The molecule has 0 atom stereocenters. The average molecular weight is 248 g/mol. The molecule has 0 N–H and O–H groups in total. The SMILES string of the molecule is C=C(/C=C\C(=C)C(F)(F)F)N(C)CCN(C)C. The molecule has 0 fully saturated rings.